The smallest absolute Gasteiger partial charge is 0.319 e. The number of nitrogens with one attached hydrogen (secondary N) is 2. The normalized spacial score (nSPS) is 15.8. The van der Waals surface area contributed by atoms with Crippen molar-refractivity contribution in [3.8, 4) is 5.75 Å². The Balaban J connectivity index is 1.43. The van der Waals surface area contributed by atoms with Crippen molar-refractivity contribution >= 4 is 17.4 Å². The molecular formula is C22H27N5O2. The largest absolute Gasteiger partial charge is 0.497 e. The van der Waals surface area contributed by atoms with Crippen LogP contribution in [0, 0.1) is 5.41 Å². The van der Waals surface area contributed by atoms with E-state index in [1.807, 2.05) is 53.1 Å². The van der Waals surface area contributed by atoms with E-state index in [0.717, 1.165) is 42.2 Å². The number of pyridine rings is 1. The summed E-state index contributed by atoms with van der Waals surface area (Å²) in [5.41, 5.74) is 1.61. The van der Waals surface area contributed by atoms with Crippen molar-refractivity contribution in [2.45, 2.75) is 38.5 Å². The maximum atomic E-state index is 12.5. The number of urea groups is 1. The molecule has 29 heavy (non-hydrogen) atoms. The first kappa shape index (κ1) is 19.2. The quantitative estimate of drug-likeness (QED) is 0.662. The number of benzene rings is 1. The Hall–Kier alpha value is -3.09. The zero-order valence-electron chi connectivity index (χ0n) is 16.7. The highest BCUT2D eigenvalue weighted by molar-refractivity contribution is 5.89. The third-order valence-corrected chi connectivity index (χ3v) is 5.80. The zero-order chi connectivity index (χ0) is 20.1. The SMILES string of the molecule is COc1ccc(NC(=O)NCC2(Cc3nnc4ccccn34)CCCCC2)cc1. The molecule has 2 N–H and O–H groups in total. The molecule has 1 aromatic carbocycles. The van der Waals surface area contributed by atoms with Crippen molar-refractivity contribution in [3.63, 3.8) is 0 Å². The molecule has 2 heterocycles. The Kier molecular flexibility index (Phi) is 5.64. The van der Waals surface area contributed by atoms with Crippen LogP contribution in [0.4, 0.5) is 10.5 Å². The molecule has 0 unspecified atom stereocenters. The van der Waals surface area contributed by atoms with Gasteiger partial charge in [-0.25, -0.2) is 4.79 Å². The summed E-state index contributed by atoms with van der Waals surface area (Å²) in [6.45, 7) is 0.622. The van der Waals surface area contributed by atoms with Crippen LogP contribution in [0.25, 0.3) is 5.65 Å². The number of anilines is 1. The molecule has 0 radical (unpaired) electrons. The lowest BCUT2D eigenvalue weighted by Crippen LogP contribution is -2.42. The van der Waals surface area contributed by atoms with Crippen LogP contribution in [0.15, 0.2) is 48.7 Å². The van der Waals surface area contributed by atoms with Gasteiger partial charge in [0, 0.05) is 24.8 Å². The number of hydrogen-bond acceptors (Lipinski definition) is 4. The second kappa shape index (κ2) is 8.51. The minimum Gasteiger partial charge on any atom is -0.497 e. The number of hydrogen-bond donors (Lipinski definition) is 2. The highest BCUT2D eigenvalue weighted by atomic mass is 16.5. The van der Waals surface area contributed by atoms with Crippen LogP contribution < -0.4 is 15.4 Å². The van der Waals surface area contributed by atoms with E-state index in [4.69, 9.17) is 4.74 Å². The third kappa shape index (κ3) is 4.50. The molecular weight excluding hydrogens is 366 g/mol. The van der Waals surface area contributed by atoms with Crippen molar-refractivity contribution in [3.05, 3.63) is 54.5 Å². The lowest BCUT2D eigenvalue weighted by Gasteiger charge is -2.37. The fourth-order valence-electron chi connectivity index (χ4n) is 4.18. The molecule has 4 rings (SSSR count). The molecule has 152 valence electrons. The monoisotopic (exact) mass is 393 g/mol. The van der Waals surface area contributed by atoms with Crippen molar-refractivity contribution in [2.24, 2.45) is 5.41 Å². The Bertz CT molecular complexity index is 961. The van der Waals surface area contributed by atoms with Gasteiger partial charge in [-0.2, -0.15) is 0 Å². The summed E-state index contributed by atoms with van der Waals surface area (Å²) < 4.78 is 7.20. The fourth-order valence-corrected chi connectivity index (χ4v) is 4.18. The molecule has 2 aromatic heterocycles. The van der Waals surface area contributed by atoms with E-state index >= 15 is 0 Å². The number of fused-ring (bicyclic) bond motifs is 1. The summed E-state index contributed by atoms with van der Waals surface area (Å²) in [6, 6.07) is 13.1. The van der Waals surface area contributed by atoms with Gasteiger partial charge in [-0.15, -0.1) is 10.2 Å². The predicted molar refractivity (Wildman–Crippen MR) is 112 cm³/mol. The van der Waals surface area contributed by atoms with Crippen LogP contribution in [-0.2, 0) is 6.42 Å². The number of nitrogens with zero attached hydrogens (tertiary/aromatic N) is 3. The first-order valence-corrected chi connectivity index (χ1v) is 10.2. The molecule has 1 aliphatic rings. The summed E-state index contributed by atoms with van der Waals surface area (Å²) in [6.07, 6.45) is 8.58. The first-order chi connectivity index (χ1) is 14.2. The molecule has 3 aromatic rings. The van der Waals surface area contributed by atoms with E-state index in [9.17, 15) is 4.79 Å². The number of carbonyl (C=O) groups is 1. The Morgan fingerprint density at radius 3 is 2.66 bits per heavy atom. The number of carbonyl (C=O) groups excluding carboxylic acids is 1. The minimum atomic E-state index is -0.189. The van der Waals surface area contributed by atoms with E-state index in [0.29, 0.717) is 6.54 Å². The van der Waals surface area contributed by atoms with E-state index < -0.39 is 0 Å². The van der Waals surface area contributed by atoms with Crippen molar-refractivity contribution in [1.29, 1.82) is 0 Å². The average Bonchev–Trinajstić information content (AvgIpc) is 3.16. The van der Waals surface area contributed by atoms with Crippen LogP contribution in [0.3, 0.4) is 0 Å². The molecule has 1 aliphatic carbocycles. The van der Waals surface area contributed by atoms with Crippen LogP contribution in [0.1, 0.15) is 37.9 Å². The van der Waals surface area contributed by atoms with E-state index in [1.165, 1.54) is 19.3 Å². The molecule has 0 aliphatic heterocycles. The number of aromatic nitrogens is 3. The maximum absolute atomic E-state index is 12.5. The van der Waals surface area contributed by atoms with Crippen molar-refractivity contribution in [2.75, 3.05) is 19.0 Å². The van der Waals surface area contributed by atoms with Crippen LogP contribution in [-0.4, -0.2) is 34.3 Å². The second-order valence-electron chi connectivity index (χ2n) is 7.82. The van der Waals surface area contributed by atoms with Crippen molar-refractivity contribution in [1.82, 2.24) is 19.9 Å². The van der Waals surface area contributed by atoms with E-state index in [-0.39, 0.29) is 11.4 Å². The van der Waals surface area contributed by atoms with Gasteiger partial charge in [0.15, 0.2) is 5.65 Å². The van der Waals surface area contributed by atoms with E-state index in [2.05, 4.69) is 20.8 Å². The molecule has 0 spiro atoms. The van der Waals surface area contributed by atoms with Crippen molar-refractivity contribution < 1.29 is 9.53 Å². The van der Waals surface area contributed by atoms with Gasteiger partial charge in [-0.3, -0.25) is 4.40 Å². The van der Waals surface area contributed by atoms with Gasteiger partial charge in [0.05, 0.1) is 7.11 Å². The summed E-state index contributed by atoms with van der Waals surface area (Å²) in [5.74, 6) is 1.72. The average molecular weight is 393 g/mol. The topological polar surface area (TPSA) is 80.5 Å². The summed E-state index contributed by atoms with van der Waals surface area (Å²) in [4.78, 5) is 12.5. The molecule has 1 saturated carbocycles. The fraction of sp³-hybridized carbons (Fsp3) is 0.409. The highest BCUT2D eigenvalue weighted by Crippen LogP contribution is 2.38. The molecule has 0 saturated heterocycles. The van der Waals surface area contributed by atoms with Gasteiger partial charge in [0.25, 0.3) is 0 Å². The van der Waals surface area contributed by atoms with Crippen LogP contribution >= 0.6 is 0 Å². The lowest BCUT2D eigenvalue weighted by atomic mass is 9.71. The molecule has 0 bridgehead atoms. The Labute approximate surface area is 170 Å². The Morgan fingerprint density at radius 1 is 1.10 bits per heavy atom. The Morgan fingerprint density at radius 2 is 1.90 bits per heavy atom. The molecule has 2 amide bonds. The van der Waals surface area contributed by atoms with Crippen LogP contribution in [0.5, 0.6) is 5.75 Å². The van der Waals surface area contributed by atoms with Gasteiger partial charge >= 0.3 is 6.03 Å². The summed E-state index contributed by atoms with van der Waals surface area (Å²) >= 11 is 0. The van der Waals surface area contributed by atoms with E-state index in [1.54, 1.807) is 7.11 Å². The number of amides is 2. The van der Waals surface area contributed by atoms with Gasteiger partial charge in [-0.1, -0.05) is 25.3 Å². The first-order valence-electron chi connectivity index (χ1n) is 10.2. The minimum absolute atomic E-state index is 0.00824. The highest BCUT2D eigenvalue weighted by Gasteiger charge is 2.34. The molecule has 7 heteroatoms. The van der Waals surface area contributed by atoms with Gasteiger partial charge < -0.3 is 15.4 Å². The van der Waals surface area contributed by atoms with Gasteiger partial charge in [-0.05, 0) is 54.7 Å². The number of rotatable bonds is 6. The maximum Gasteiger partial charge on any atom is 0.319 e. The second-order valence-corrected chi connectivity index (χ2v) is 7.82. The van der Waals surface area contributed by atoms with Gasteiger partial charge in [0.1, 0.15) is 11.6 Å². The summed E-state index contributed by atoms with van der Waals surface area (Å²) in [7, 11) is 1.62. The molecule has 7 nitrogen and oxygen atoms in total. The lowest BCUT2D eigenvalue weighted by molar-refractivity contribution is 0.177. The molecule has 0 atom stereocenters. The standard InChI is InChI=1S/C22H27N5O2/c1-29-18-10-8-17(9-11-18)24-21(28)23-16-22(12-4-2-5-13-22)15-20-26-25-19-7-3-6-14-27(19)20/h3,6-11,14H,2,4-5,12-13,15-16H2,1H3,(H2,23,24,28). The third-order valence-electron chi connectivity index (χ3n) is 5.80. The number of ether oxygens (including phenoxy) is 1. The van der Waals surface area contributed by atoms with Crippen LogP contribution in [0.2, 0.25) is 0 Å². The number of methoxy groups -OCH3 is 1. The predicted octanol–water partition coefficient (Wildman–Crippen LogP) is 4.05. The van der Waals surface area contributed by atoms with Gasteiger partial charge in [0.2, 0.25) is 0 Å². The zero-order valence-corrected chi connectivity index (χ0v) is 16.7. The molecule has 1 fully saturated rings. The summed E-state index contributed by atoms with van der Waals surface area (Å²) in [5, 5.41) is 14.7.